The smallest absolute Gasteiger partial charge is 0.0302 e. The molecule has 29 valence electrons. The molecule has 0 unspecified atom stereocenters. The first-order chi connectivity index (χ1) is 2.43. The first-order valence-corrected chi connectivity index (χ1v) is 2.78. The van der Waals surface area contributed by atoms with Crippen molar-refractivity contribution in [3.8, 4) is 0 Å². The summed E-state index contributed by atoms with van der Waals surface area (Å²) in [6, 6.07) is 0. The Morgan fingerprint density at radius 3 is 2.20 bits per heavy atom. The van der Waals surface area contributed by atoms with Crippen LogP contribution in [0.3, 0.4) is 0 Å². The van der Waals surface area contributed by atoms with Crippen molar-refractivity contribution in [1.82, 2.24) is 0 Å². The van der Waals surface area contributed by atoms with Crippen molar-refractivity contribution in [3.63, 3.8) is 0 Å². The summed E-state index contributed by atoms with van der Waals surface area (Å²) in [5.41, 5.74) is 0. The lowest BCUT2D eigenvalue weighted by molar-refractivity contribution is 1.10. The van der Waals surface area contributed by atoms with Crippen LogP contribution in [-0.2, 0) is 0 Å². The van der Waals surface area contributed by atoms with Gasteiger partial charge in [0.1, 0.15) is 0 Å². The molecule has 1 rings (SSSR count). The van der Waals surface area contributed by atoms with Crippen molar-refractivity contribution in [2.75, 3.05) is 0 Å². The number of halogens is 1. The van der Waals surface area contributed by atoms with E-state index >= 15 is 0 Å². The minimum atomic E-state index is 0.926. The number of rotatable bonds is 1. The maximum absolute atomic E-state index is 3.25. The molecule has 0 amide bonds. The van der Waals surface area contributed by atoms with Crippen LogP contribution in [0.15, 0.2) is 0 Å². The summed E-state index contributed by atoms with van der Waals surface area (Å²) in [5.74, 6) is 0.926. The Morgan fingerprint density at radius 2 is 2.20 bits per heavy atom. The lowest BCUT2D eigenvalue weighted by atomic mass is 10.5. The van der Waals surface area contributed by atoms with E-state index in [9.17, 15) is 0 Å². The van der Waals surface area contributed by atoms with Crippen LogP contribution in [0.25, 0.3) is 0 Å². The number of hydrogen-bond donors (Lipinski definition) is 0. The van der Waals surface area contributed by atoms with Gasteiger partial charge in [-0.2, -0.15) is 0 Å². The number of hydrogen-bond acceptors (Lipinski definition) is 0. The van der Waals surface area contributed by atoms with E-state index in [1.54, 1.807) is 0 Å². The van der Waals surface area contributed by atoms with E-state index in [0.717, 1.165) is 5.92 Å². The maximum Gasteiger partial charge on any atom is 0.0302 e. The Morgan fingerprint density at radius 1 is 1.60 bits per heavy atom. The lowest BCUT2D eigenvalue weighted by Gasteiger charge is -1.69. The Balaban J connectivity index is 2.00. The molecule has 1 fully saturated rings. The van der Waals surface area contributed by atoms with Crippen molar-refractivity contribution in [2.24, 2.45) is 5.92 Å². The second-order valence-electron chi connectivity index (χ2n) is 1.46. The molecule has 0 bridgehead atoms. The minimum Gasteiger partial charge on any atom is -0.0875 e. The summed E-state index contributed by atoms with van der Waals surface area (Å²) >= 11 is 3.25. The van der Waals surface area contributed by atoms with Gasteiger partial charge >= 0.3 is 0 Å². The Labute approximate surface area is 40.7 Å². The van der Waals surface area contributed by atoms with E-state index in [4.69, 9.17) is 0 Å². The van der Waals surface area contributed by atoms with Gasteiger partial charge in [0, 0.05) is 5.33 Å². The van der Waals surface area contributed by atoms with Crippen LogP contribution >= 0.6 is 15.9 Å². The molecule has 1 aliphatic rings. The summed E-state index contributed by atoms with van der Waals surface area (Å²) in [6.07, 6.45) is 2.82. The fraction of sp³-hybridized carbons (Fsp3) is 0.750. The molecule has 5 heavy (non-hydrogen) atoms. The fourth-order valence-corrected chi connectivity index (χ4v) is 0.751. The molecule has 0 spiro atoms. The third-order valence-corrected chi connectivity index (χ3v) is 1.55. The van der Waals surface area contributed by atoms with Gasteiger partial charge in [-0.25, -0.2) is 0 Å². The molecular weight excluding hydrogens is 128 g/mol. The van der Waals surface area contributed by atoms with E-state index in [2.05, 4.69) is 21.3 Å². The van der Waals surface area contributed by atoms with E-state index in [0.29, 0.717) is 0 Å². The van der Waals surface area contributed by atoms with Gasteiger partial charge < -0.3 is 0 Å². The van der Waals surface area contributed by atoms with E-state index in [1.807, 2.05) is 0 Å². The summed E-state index contributed by atoms with van der Waals surface area (Å²) in [5, 5.41) is 2.09. The molecule has 0 saturated heterocycles. The van der Waals surface area contributed by atoms with Gasteiger partial charge in [-0.3, -0.25) is 0 Å². The van der Waals surface area contributed by atoms with Crippen LogP contribution in [-0.4, -0.2) is 0 Å². The van der Waals surface area contributed by atoms with Gasteiger partial charge in [-0.05, 0) is 18.8 Å². The van der Waals surface area contributed by atoms with Crippen LogP contribution in [0, 0.1) is 11.2 Å². The maximum atomic E-state index is 3.25. The van der Waals surface area contributed by atoms with Crippen LogP contribution < -0.4 is 0 Å². The third-order valence-electron chi connectivity index (χ3n) is 0.800. The zero-order chi connectivity index (χ0) is 3.70. The zero-order valence-electron chi connectivity index (χ0n) is 2.95. The Kier molecular flexibility index (Phi) is 0.946. The highest BCUT2D eigenvalue weighted by Crippen LogP contribution is 2.33. The average molecular weight is 134 g/mol. The van der Waals surface area contributed by atoms with Gasteiger partial charge in [0.05, 0.1) is 0 Å². The molecule has 0 aliphatic heterocycles. The van der Waals surface area contributed by atoms with Gasteiger partial charge in [0.15, 0.2) is 0 Å². The standard InChI is InChI=1S/C4H6Br/c5-3-4-1-2-4/h3-4H,1-2H2. The van der Waals surface area contributed by atoms with Crippen LogP contribution in [0.2, 0.25) is 0 Å². The summed E-state index contributed by atoms with van der Waals surface area (Å²) in [7, 11) is 0. The van der Waals surface area contributed by atoms with Gasteiger partial charge in [0.2, 0.25) is 0 Å². The van der Waals surface area contributed by atoms with Gasteiger partial charge in [-0.1, -0.05) is 15.9 Å². The van der Waals surface area contributed by atoms with Crippen molar-refractivity contribution >= 4 is 15.9 Å². The second kappa shape index (κ2) is 1.29. The van der Waals surface area contributed by atoms with E-state index in [1.165, 1.54) is 12.8 Å². The van der Waals surface area contributed by atoms with Crippen molar-refractivity contribution in [3.05, 3.63) is 5.33 Å². The quantitative estimate of drug-likeness (QED) is 0.514. The molecule has 1 heteroatoms. The highest BCUT2D eigenvalue weighted by Gasteiger charge is 2.18. The first kappa shape index (κ1) is 3.66. The Bertz CT molecular complexity index is 30.6. The van der Waals surface area contributed by atoms with Crippen molar-refractivity contribution in [2.45, 2.75) is 12.8 Å². The highest BCUT2D eigenvalue weighted by atomic mass is 79.9. The summed E-state index contributed by atoms with van der Waals surface area (Å²) in [6.45, 7) is 0. The molecule has 0 aromatic carbocycles. The molecular formula is C4H6Br. The van der Waals surface area contributed by atoms with Crippen LogP contribution in [0.1, 0.15) is 12.8 Å². The van der Waals surface area contributed by atoms with Crippen LogP contribution in [0.5, 0.6) is 0 Å². The molecule has 0 nitrogen and oxygen atoms in total. The monoisotopic (exact) mass is 133 g/mol. The molecule has 0 atom stereocenters. The molecule has 0 heterocycles. The highest BCUT2D eigenvalue weighted by molar-refractivity contribution is 9.10. The molecule has 0 aromatic rings. The average Bonchev–Trinajstić information content (AvgIpc) is 2.12. The predicted molar refractivity (Wildman–Crippen MR) is 26.0 cm³/mol. The molecule has 1 aliphatic carbocycles. The molecule has 0 aromatic heterocycles. The lowest BCUT2D eigenvalue weighted by Crippen LogP contribution is -1.56. The third kappa shape index (κ3) is 0.918. The van der Waals surface area contributed by atoms with E-state index in [-0.39, 0.29) is 0 Å². The largest absolute Gasteiger partial charge is 0.0875 e. The normalized spacial score (nSPS) is 23.4. The minimum absolute atomic E-state index is 0.926. The van der Waals surface area contributed by atoms with Crippen molar-refractivity contribution < 1.29 is 0 Å². The second-order valence-corrected chi connectivity index (χ2v) is 1.99. The summed E-state index contributed by atoms with van der Waals surface area (Å²) in [4.78, 5) is 0. The molecule has 1 saturated carbocycles. The molecule has 1 radical (unpaired) electrons. The van der Waals surface area contributed by atoms with Crippen molar-refractivity contribution in [1.29, 1.82) is 0 Å². The topological polar surface area (TPSA) is 0 Å². The fourth-order valence-electron chi connectivity index (χ4n) is 0.222. The van der Waals surface area contributed by atoms with E-state index < -0.39 is 0 Å². The molecule has 0 N–H and O–H groups in total. The first-order valence-electron chi connectivity index (χ1n) is 1.87. The summed E-state index contributed by atoms with van der Waals surface area (Å²) < 4.78 is 0. The Hall–Kier alpha value is 0.480. The van der Waals surface area contributed by atoms with Gasteiger partial charge in [0.25, 0.3) is 0 Å². The zero-order valence-corrected chi connectivity index (χ0v) is 4.53. The SMILES string of the molecule is Br[CH]C1CC1. The van der Waals surface area contributed by atoms with Gasteiger partial charge in [-0.15, -0.1) is 0 Å². The van der Waals surface area contributed by atoms with Crippen LogP contribution in [0.4, 0.5) is 0 Å². The predicted octanol–water partition coefficient (Wildman–Crippen LogP) is 1.95.